The van der Waals surface area contributed by atoms with Crippen LogP contribution in [0.1, 0.15) is 13.3 Å². The molecular weight excluding hydrogens is 229 g/mol. The van der Waals surface area contributed by atoms with Gasteiger partial charge in [-0.2, -0.15) is 0 Å². The van der Waals surface area contributed by atoms with Crippen molar-refractivity contribution in [3.63, 3.8) is 0 Å². The van der Waals surface area contributed by atoms with Crippen molar-refractivity contribution in [1.82, 2.24) is 0 Å². The number of carbonyl (C=O) groups is 1. The summed E-state index contributed by atoms with van der Waals surface area (Å²) in [4.78, 5) is 21.2. The minimum atomic E-state index is -0.792. The van der Waals surface area contributed by atoms with Gasteiger partial charge in [0.2, 0.25) is 5.91 Å². The van der Waals surface area contributed by atoms with E-state index >= 15 is 0 Å². The molecule has 17 heavy (non-hydrogen) atoms. The number of hydrogen-bond donors (Lipinski definition) is 2. The first-order chi connectivity index (χ1) is 7.93. The molecule has 0 fully saturated rings. The van der Waals surface area contributed by atoms with E-state index in [1.807, 2.05) is 0 Å². The minimum absolute atomic E-state index is 0.0191. The Balaban J connectivity index is 2.92. The molecule has 6 nitrogen and oxygen atoms in total. The van der Waals surface area contributed by atoms with Crippen LogP contribution in [0, 0.1) is 15.9 Å². The fraction of sp³-hybridized carbons (Fsp3) is 0.300. The number of carbonyl (C=O) groups excluding carboxylic acids is 1. The number of anilines is 1. The van der Waals surface area contributed by atoms with Crippen molar-refractivity contribution in [2.24, 2.45) is 5.73 Å². The van der Waals surface area contributed by atoms with E-state index in [1.54, 1.807) is 6.92 Å². The number of halogens is 1. The van der Waals surface area contributed by atoms with Crippen molar-refractivity contribution >= 4 is 17.3 Å². The molecule has 0 aliphatic heterocycles. The molecule has 1 aromatic rings. The molecule has 0 aromatic heterocycles. The quantitative estimate of drug-likeness (QED) is 0.615. The zero-order valence-electron chi connectivity index (χ0n) is 9.14. The molecule has 0 saturated carbocycles. The van der Waals surface area contributed by atoms with E-state index in [1.165, 1.54) is 0 Å². The van der Waals surface area contributed by atoms with Crippen molar-refractivity contribution in [2.75, 3.05) is 5.32 Å². The maximum atomic E-state index is 13.0. The molecule has 1 atom stereocenters. The van der Waals surface area contributed by atoms with E-state index < -0.39 is 28.4 Å². The molecule has 3 N–H and O–H groups in total. The summed E-state index contributed by atoms with van der Waals surface area (Å²) < 4.78 is 13.0. The van der Waals surface area contributed by atoms with Crippen molar-refractivity contribution in [3.8, 4) is 0 Å². The number of hydrogen-bond acceptors (Lipinski definition) is 4. The Hall–Kier alpha value is -2.02. The molecule has 0 heterocycles. The maximum Gasteiger partial charge on any atom is 0.274 e. The van der Waals surface area contributed by atoms with Crippen molar-refractivity contribution in [3.05, 3.63) is 34.1 Å². The molecule has 0 unspecified atom stereocenters. The summed E-state index contributed by atoms with van der Waals surface area (Å²) in [5.41, 5.74) is 5.05. The molecule has 0 aliphatic rings. The highest BCUT2D eigenvalue weighted by Crippen LogP contribution is 2.20. The van der Waals surface area contributed by atoms with E-state index in [4.69, 9.17) is 5.73 Å². The van der Waals surface area contributed by atoms with Crippen molar-refractivity contribution < 1.29 is 14.1 Å². The number of nitrogens with two attached hydrogens (primary N) is 1. The average molecular weight is 241 g/mol. The predicted octanol–water partition coefficient (Wildman–Crippen LogP) is 1.41. The fourth-order valence-corrected chi connectivity index (χ4v) is 1.17. The van der Waals surface area contributed by atoms with Gasteiger partial charge in [0.15, 0.2) is 0 Å². The van der Waals surface area contributed by atoms with Crippen LogP contribution >= 0.6 is 0 Å². The second kappa shape index (κ2) is 5.35. The second-order valence-electron chi connectivity index (χ2n) is 3.46. The Kier molecular flexibility index (Phi) is 4.11. The van der Waals surface area contributed by atoms with E-state index in [-0.39, 0.29) is 5.69 Å². The van der Waals surface area contributed by atoms with Gasteiger partial charge in [0.25, 0.3) is 5.69 Å². The molecular formula is C10H12FN3O3. The van der Waals surface area contributed by atoms with Crippen LogP contribution in [0.5, 0.6) is 0 Å². The lowest BCUT2D eigenvalue weighted by atomic mass is 10.2. The first-order valence-electron chi connectivity index (χ1n) is 4.95. The molecule has 0 aliphatic carbocycles. The number of amides is 1. The van der Waals surface area contributed by atoms with Crippen LogP contribution in [0.4, 0.5) is 15.8 Å². The van der Waals surface area contributed by atoms with Gasteiger partial charge in [-0.3, -0.25) is 14.9 Å². The van der Waals surface area contributed by atoms with E-state index in [0.29, 0.717) is 6.42 Å². The van der Waals surface area contributed by atoms with Gasteiger partial charge in [0, 0.05) is 6.07 Å². The number of nitrogens with zero attached hydrogens (tertiary/aromatic N) is 1. The van der Waals surface area contributed by atoms with E-state index in [9.17, 15) is 19.3 Å². The smallest absolute Gasteiger partial charge is 0.274 e. The zero-order valence-corrected chi connectivity index (χ0v) is 9.14. The Morgan fingerprint density at radius 1 is 1.59 bits per heavy atom. The number of rotatable bonds is 4. The molecule has 1 aromatic carbocycles. The molecule has 0 bridgehead atoms. The summed E-state index contributed by atoms with van der Waals surface area (Å²) in [6.07, 6.45) is 0.420. The van der Waals surface area contributed by atoms with Crippen LogP contribution < -0.4 is 11.1 Å². The first kappa shape index (κ1) is 13.0. The summed E-state index contributed by atoms with van der Waals surface area (Å²) in [5, 5.41) is 12.8. The Bertz CT molecular complexity index is 450. The van der Waals surface area contributed by atoms with Crippen LogP contribution in [-0.2, 0) is 4.79 Å². The van der Waals surface area contributed by atoms with Gasteiger partial charge < -0.3 is 11.1 Å². The predicted molar refractivity (Wildman–Crippen MR) is 60.0 cm³/mol. The maximum absolute atomic E-state index is 13.0. The number of nitrogens with one attached hydrogen (secondary N) is 1. The van der Waals surface area contributed by atoms with Crippen LogP contribution in [0.15, 0.2) is 18.2 Å². The Morgan fingerprint density at radius 3 is 2.76 bits per heavy atom. The Labute approximate surface area is 96.8 Å². The number of non-ortho nitro benzene ring substituents is 1. The van der Waals surface area contributed by atoms with Crippen LogP contribution in [0.2, 0.25) is 0 Å². The zero-order chi connectivity index (χ0) is 13.0. The summed E-state index contributed by atoms with van der Waals surface area (Å²) in [5.74, 6) is -1.30. The highest BCUT2D eigenvalue weighted by Gasteiger charge is 2.14. The highest BCUT2D eigenvalue weighted by molar-refractivity contribution is 5.94. The lowest BCUT2D eigenvalue weighted by Gasteiger charge is -2.09. The number of nitro benzene ring substituents is 1. The largest absolute Gasteiger partial charge is 0.324 e. The van der Waals surface area contributed by atoms with Gasteiger partial charge >= 0.3 is 0 Å². The number of nitro groups is 1. The lowest BCUT2D eigenvalue weighted by Crippen LogP contribution is -2.34. The van der Waals surface area contributed by atoms with Gasteiger partial charge in [-0.05, 0) is 12.5 Å². The second-order valence-corrected chi connectivity index (χ2v) is 3.46. The summed E-state index contributed by atoms with van der Waals surface area (Å²) in [6, 6.07) is 2.11. The molecule has 1 rings (SSSR count). The fourth-order valence-electron chi connectivity index (χ4n) is 1.17. The SMILES string of the molecule is CC[C@H](N)C(=O)Nc1cc(F)cc([N+](=O)[O-])c1. The summed E-state index contributed by atoms with van der Waals surface area (Å²) in [6.45, 7) is 1.72. The summed E-state index contributed by atoms with van der Waals surface area (Å²) >= 11 is 0. The third kappa shape index (κ3) is 3.49. The third-order valence-electron chi connectivity index (χ3n) is 2.14. The van der Waals surface area contributed by atoms with Gasteiger partial charge in [0.1, 0.15) is 5.82 Å². The topological polar surface area (TPSA) is 98.3 Å². The highest BCUT2D eigenvalue weighted by atomic mass is 19.1. The molecule has 1 amide bonds. The van der Waals surface area contributed by atoms with Crippen LogP contribution in [-0.4, -0.2) is 16.9 Å². The molecule has 0 radical (unpaired) electrons. The minimum Gasteiger partial charge on any atom is -0.324 e. The standard InChI is InChI=1S/C10H12FN3O3/c1-2-9(12)10(15)13-7-3-6(11)4-8(5-7)14(16)17/h3-5,9H,2,12H2,1H3,(H,13,15)/t9-/m0/s1. The van der Waals surface area contributed by atoms with E-state index in [0.717, 1.165) is 18.2 Å². The molecule has 0 spiro atoms. The van der Waals surface area contributed by atoms with Crippen molar-refractivity contribution in [2.45, 2.75) is 19.4 Å². The normalized spacial score (nSPS) is 11.9. The van der Waals surface area contributed by atoms with E-state index in [2.05, 4.69) is 5.32 Å². The third-order valence-corrected chi connectivity index (χ3v) is 2.14. The van der Waals surface area contributed by atoms with Crippen molar-refractivity contribution in [1.29, 1.82) is 0 Å². The van der Waals surface area contributed by atoms with Crippen LogP contribution in [0.25, 0.3) is 0 Å². The monoisotopic (exact) mass is 241 g/mol. The molecule has 0 saturated heterocycles. The van der Waals surface area contributed by atoms with Gasteiger partial charge in [-0.1, -0.05) is 6.92 Å². The molecule has 7 heteroatoms. The first-order valence-corrected chi connectivity index (χ1v) is 4.95. The van der Waals surface area contributed by atoms with Gasteiger partial charge in [-0.15, -0.1) is 0 Å². The van der Waals surface area contributed by atoms with Gasteiger partial charge in [-0.25, -0.2) is 4.39 Å². The number of benzene rings is 1. The molecule has 92 valence electrons. The Morgan fingerprint density at radius 2 is 2.24 bits per heavy atom. The van der Waals surface area contributed by atoms with Crippen LogP contribution in [0.3, 0.4) is 0 Å². The average Bonchev–Trinajstić information content (AvgIpc) is 2.26. The van der Waals surface area contributed by atoms with Gasteiger partial charge in [0.05, 0.1) is 22.7 Å². The summed E-state index contributed by atoms with van der Waals surface area (Å²) in [7, 11) is 0. The lowest BCUT2D eigenvalue weighted by molar-refractivity contribution is -0.385.